The van der Waals surface area contributed by atoms with Gasteiger partial charge in [-0.05, 0) is 34.8 Å². The number of hydrogen-bond acceptors (Lipinski definition) is 4. The van der Waals surface area contributed by atoms with Crippen molar-refractivity contribution in [3.63, 3.8) is 0 Å². The van der Waals surface area contributed by atoms with Crippen molar-refractivity contribution in [3.05, 3.63) is 16.7 Å². The number of nitrogens with one attached hydrogen (secondary N) is 1. The van der Waals surface area contributed by atoms with Gasteiger partial charge in [-0.15, -0.1) is 0 Å². The van der Waals surface area contributed by atoms with Crippen molar-refractivity contribution in [3.8, 4) is 0 Å². The van der Waals surface area contributed by atoms with Crippen LogP contribution in [0.15, 0.2) is 21.6 Å². The van der Waals surface area contributed by atoms with Gasteiger partial charge in [0.1, 0.15) is 10.7 Å². The summed E-state index contributed by atoms with van der Waals surface area (Å²) in [5.41, 5.74) is 0. The summed E-state index contributed by atoms with van der Waals surface area (Å²) in [6.07, 6.45) is 2.55. The van der Waals surface area contributed by atoms with Crippen LogP contribution in [-0.2, 0) is 10.0 Å². The Morgan fingerprint density at radius 2 is 2.05 bits per heavy atom. The third-order valence-corrected chi connectivity index (χ3v) is 5.73. The van der Waals surface area contributed by atoms with E-state index in [1.807, 2.05) is 13.8 Å². The van der Waals surface area contributed by atoms with Crippen LogP contribution in [0.3, 0.4) is 0 Å². The van der Waals surface area contributed by atoms with Gasteiger partial charge in [0.2, 0.25) is 10.0 Å². The maximum Gasteiger partial charge on any atom is 0.246 e. The van der Waals surface area contributed by atoms with E-state index in [2.05, 4.69) is 40.1 Å². The lowest BCUT2D eigenvalue weighted by atomic mass is 10.1. The van der Waals surface area contributed by atoms with Crippen LogP contribution >= 0.6 is 15.9 Å². The highest BCUT2D eigenvalue weighted by atomic mass is 79.9. The lowest BCUT2D eigenvalue weighted by molar-refractivity contribution is 0.361. The summed E-state index contributed by atoms with van der Waals surface area (Å²) in [6, 6.07) is 1.61. The van der Waals surface area contributed by atoms with Gasteiger partial charge in [-0.2, -0.15) is 4.31 Å². The van der Waals surface area contributed by atoms with E-state index in [-0.39, 0.29) is 4.90 Å². The third kappa shape index (κ3) is 4.66. The molecular weight excluding hydrogens is 354 g/mol. The van der Waals surface area contributed by atoms with Crippen LogP contribution < -0.4 is 5.32 Å². The van der Waals surface area contributed by atoms with Crippen molar-refractivity contribution >= 4 is 31.8 Å². The molecule has 1 unspecified atom stereocenters. The van der Waals surface area contributed by atoms with Crippen LogP contribution in [0.25, 0.3) is 0 Å². The molecule has 0 bridgehead atoms. The van der Waals surface area contributed by atoms with Crippen molar-refractivity contribution in [2.24, 2.45) is 5.92 Å². The van der Waals surface area contributed by atoms with Crippen LogP contribution in [0, 0.1) is 5.92 Å². The summed E-state index contributed by atoms with van der Waals surface area (Å²) in [5, 5.41) is 3.02. The normalized spacial score (nSPS) is 13.4. The van der Waals surface area contributed by atoms with E-state index < -0.39 is 10.0 Å². The molecule has 0 amide bonds. The second kappa shape index (κ2) is 8.10. The van der Waals surface area contributed by atoms with E-state index in [9.17, 15) is 8.42 Å². The molecule has 120 valence electrons. The predicted molar refractivity (Wildman–Crippen MR) is 90.0 cm³/mol. The molecule has 1 N–H and O–H groups in total. The standard InChI is InChI=1S/C14H24BrN3O2S/c1-5-11(4)10-18(7-3)21(19,20)13-8-12(15)9-17-14(13)16-6-2/h8-9,11H,5-7,10H2,1-4H3,(H,16,17). The number of pyridine rings is 1. The van der Waals surface area contributed by atoms with Crippen molar-refractivity contribution in [2.75, 3.05) is 25.0 Å². The second-order valence-electron chi connectivity index (χ2n) is 5.00. The Labute approximate surface area is 136 Å². The van der Waals surface area contributed by atoms with Gasteiger partial charge in [0.05, 0.1) is 0 Å². The topological polar surface area (TPSA) is 62.3 Å². The Bertz CT molecular complexity index is 563. The number of anilines is 1. The Hall–Kier alpha value is -0.660. The van der Waals surface area contributed by atoms with Gasteiger partial charge in [-0.1, -0.05) is 27.2 Å². The molecule has 0 saturated heterocycles. The van der Waals surface area contributed by atoms with Crippen LogP contribution in [-0.4, -0.2) is 37.3 Å². The van der Waals surface area contributed by atoms with E-state index in [0.717, 1.165) is 6.42 Å². The maximum atomic E-state index is 12.9. The Kier molecular flexibility index (Phi) is 7.09. The first-order valence-corrected chi connectivity index (χ1v) is 9.49. The average Bonchev–Trinajstić information content (AvgIpc) is 2.46. The van der Waals surface area contributed by atoms with E-state index in [1.54, 1.807) is 12.3 Å². The monoisotopic (exact) mass is 377 g/mol. The fraction of sp³-hybridized carbons (Fsp3) is 0.643. The molecule has 0 aliphatic heterocycles. The minimum absolute atomic E-state index is 0.226. The molecule has 0 spiro atoms. The van der Waals surface area contributed by atoms with Crippen LogP contribution in [0.5, 0.6) is 0 Å². The number of rotatable bonds is 8. The largest absolute Gasteiger partial charge is 0.369 e. The van der Waals surface area contributed by atoms with E-state index >= 15 is 0 Å². The summed E-state index contributed by atoms with van der Waals surface area (Å²) in [6.45, 7) is 9.49. The Balaban J connectivity index is 3.24. The maximum absolute atomic E-state index is 12.9. The zero-order valence-corrected chi connectivity index (χ0v) is 15.5. The molecule has 0 radical (unpaired) electrons. The molecule has 1 heterocycles. The first kappa shape index (κ1) is 18.4. The number of sulfonamides is 1. The highest BCUT2D eigenvalue weighted by Gasteiger charge is 2.27. The fourth-order valence-corrected chi connectivity index (χ4v) is 4.13. The summed E-state index contributed by atoms with van der Waals surface area (Å²) >= 11 is 3.30. The molecule has 1 atom stereocenters. The molecule has 5 nitrogen and oxygen atoms in total. The number of halogens is 1. The van der Waals surface area contributed by atoms with Gasteiger partial charge < -0.3 is 5.32 Å². The van der Waals surface area contributed by atoms with E-state index in [0.29, 0.717) is 35.8 Å². The molecular formula is C14H24BrN3O2S. The minimum Gasteiger partial charge on any atom is -0.369 e. The van der Waals surface area contributed by atoms with Crippen LogP contribution in [0.2, 0.25) is 0 Å². The first-order valence-electron chi connectivity index (χ1n) is 7.26. The van der Waals surface area contributed by atoms with Crippen LogP contribution in [0.1, 0.15) is 34.1 Å². The van der Waals surface area contributed by atoms with Gasteiger partial charge in [-0.25, -0.2) is 13.4 Å². The number of hydrogen-bond donors (Lipinski definition) is 1. The zero-order chi connectivity index (χ0) is 16.0. The van der Waals surface area contributed by atoms with Gasteiger partial charge in [0.25, 0.3) is 0 Å². The van der Waals surface area contributed by atoms with Crippen molar-refractivity contribution in [2.45, 2.75) is 39.0 Å². The molecule has 7 heteroatoms. The average molecular weight is 378 g/mol. The van der Waals surface area contributed by atoms with Gasteiger partial charge in [0.15, 0.2) is 0 Å². The molecule has 0 saturated carbocycles. The van der Waals surface area contributed by atoms with Crippen molar-refractivity contribution < 1.29 is 8.42 Å². The lowest BCUT2D eigenvalue weighted by Crippen LogP contribution is -2.35. The first-order chi connectivity index (χ1) is 9.86. The molecule has 0 fully saturated rings. The van der Waals surface area contributed by atoms with Gasteiger partial charge in [-0.3, -0.25) is 0 Å². The van der Waals surface area contributed by atoms with Crippen LogP contribution in [0.4, 0.5) is 5.82 Å². The van der Waals surface area contributed by atoms with Gasteiger partial charge >= 0.3 is 0 Å². The minimum atomic E-state index is -3.55. The molecule has 21 heavy (non-hydrogen) atoms. The zero-order valence-electron chi connectivity index (χ0n) is 13.1. The summed E-state index contributed by atoms with van der Waals surface area (Å²) < 4.78 is 27.9. The Morgan fingerprint density at radius 1 is 1.38 bits per heavy atom. The summed E-state index contributed by atoms with van der Waals surface area (Å²) in [5.74, 6) is 0.728. The van der Waals surface area contributed by atoms with Crippen molar-refractivity contribution in [1.29, 1.82) is 0 Å². The van der Waals surface area contributed by atoms with E-state index in [1.165, 1.54) is 4.31 Å². The molecule has 1 aromatic rings. The Morgan fingerprint density at radius 3 is 2.57 bits per heavy atom. The molecule has 1 aromatic heterocycles. The molecule has 0 aliphatic carbocycles. The third-order valence-electron chi connectivity index (χ3n) is 3.35. The lowest BCUT2D eigenvalue weighted by Gasteiger charge is -2.24. The predicted octanol–water partition coefficient (Wildman–Crippen LogP) is 3.33. The number of aromatic nitrogens is 1. The van der Waals surface area contributed by atoms with Gasteiger partial charge in [0, 0.05) is 30.3 Å². The molecule has 0 aliphatic rings. The number of nitrogens with zero attached hydrogens (tertiary/aromatic N) is 2. The highest BCUT2D eigenvalue weighted by molar-refractivity contribution is 9.10. The summed E-state index contributed by atoms with van der Waals surface area (Å²) in [7, 11) is -3.55. The smallest absolute Gasteiger partial charge is 0.246 e. The highest BCUT2D eigenvalue weighted by Crippen LogP contribution is 2.26. The quantitative estimate of drug-likeness (QED) is 0.754. The molecule has 1 rings (SSSR count). The second-order valence-corrected chi connectivity index (χ2v) is 7.82. The fourth-order valence-electron chi connectivity index (χ4n) is 1.93. The summed E-state index contributed by atoms with van der Waals surface area (Å²) in [4.78, 5) is 4.41. The SMILES string of the molecule is CCNc1ncc(Br)cc1S(=O)(=O)N(CC)CC(C)CC. The van der Waals surface area contributed by atoms with Crippen molar-refractivity contribution in [1.82, 2.24) is 9.29 Å². The molecule has 0 aromatic carbocycles. The van der Waals surface area contributed by atoms with E-state index in [4.69, 9.17) is 0 Å².